The number of rotatable bonds is 3. The van der Waals surface area contributed by atoms with Gasteiger partial charge in [-0.2, -0.15) is 0 Å². The number of likely N-dealkylation sites (N-methyl/N-ethyl adjacent to an activating group) is 1. The summed E-state index contributed by atoms with van der Waals surface area (Å²) >= 11 is 0. The van der Waals surface area contributed by atoms with Crippen LogP contribution in [0.2, 0.25) is 0 Å². The van der Waals surface area contributed by atoms with Crippen LogP contribution >= 0.6 is 0 Å². The van der Waals surface area contributed by atoms with Crippen molar-refractivity contribution in [3.8, 4) is 11.1 Å². The van der Waals surface area contributed by atoms with Gasteiger partial charge in [0.1, 0.15) is 11.5 Å². The Morgan fingerprint density at radius 2 is 2.03 bits per heavy atom. The van der Waals surface area contributed by atoms with Gasteiger partial charge in [-0.1, -0.05) is 12.1 Å². The topological polar surface area (TPSA) is 66.9 Å². The summed E-state index contributed by atoms with van der Waals surface area (Å²) in [7, 11) is 2.09. The minimum atomic E-state index is 0.0230. The van der Waals surface area contributed by atoms with Crippen molar-refractivity contribution in [2.45, 2.75) is 19.9 Å². The van der Waals surface area contributed by atoms with Crippen molar-refractivity contribution in [3.05, 3.63) is 78.0 Å². The van der Waals surface area contributed by atoms with E-state index in [-0.39, 0.29) is 11.9 Å². The lowest BCUT2D eigenvalue weighted by atomic mass is 10.1. The molecule has 1 amide bonds. The first-order valence-corrected chi connectivity index (χ1v) is 10.4. The van der Waals surface area contributed by atoms with Crippen LogP contribution in [0.3, 0.4) is 0 Å². The number of fused-ring (bicyclic) bond motifs is 1. The Morgan fingerprint density at radius 1 is 1.16 bits per heavy atom. The van der Waals surface area contributed by atoms with Gasteiger partial charge in [-0.05, 0) is 44.7 Å². The molecule has 1 atom stereocenters. The lowest BCUT2D eigenvalue weighted by Gasteiger charge is -2.38. The van der Waals surface area contributed by atoms with Gasteiger partial charge < -0.3 is 13.7 Å². The van der Waals surface area contributed by atoms with E-state index in [1.54, 1.807) is 6.20 Å². The summed E-state index contributed by atoms with van der Waals surface area (Å²) in [6.45, 7) is 5.78. The number of nitrogens with zero attached hydrogens (tertiary/aromatic N) is 5. The molecule has 0 aliphatic carbocycles. The van der Waals surface area contributed by atoms with Gasteiger partial charge in [0, 0.05) is 43.8 Å². The van der Waals surface area contributed by atoms with Gasteiger partial charge in [0.15, 0.2) is 0 Å². The van der Waals surface area contributed by atoms with E-state index in [0.717, 1.165) is 34.6 Å². The first-order chi connectivity index (χ1) is 15.0. The Morgan fingerprint density at radius 3 is 2.77 bits per heavy atom. The molecule has 7 heteroatoms. The molecule has 0 N–H and O–H groups in total. The monoisotopic (exact) mass is 415 g/mol. The third-order valence-electron chi connectivity index (χ3n) is 6.08. The Hall–Kier alpha value is -3.45. The standard InChI is InChI=1S/C24H25N5O2/c1-16-11-20(17(2)31-16)24(30)28-10-9-27(3)22(14-28)23-21-7-6-19(13-29(21)15-26-23)18-5-4-8-25-12-18/h4-8,11-13,15,22H,9-10,14H2,1-3H3/t22-/m1/s1. The number of hydrogen-bond donors (Lipinski definition) is 0. The molecule has 4 aromatic heterocycles. The maximum atomic E-state index is 13.1. The van der Waals surface area contributed by atoms with Crippen molar-refractivity contribution < 1.29 is 9.21 Å². The zero-order valence-electron chi connectivity index (χ0n) is 17.9. The minimum absolute atomic E-state index is 0.0230. The highest BCUT2D eigenvalue weighted by molar-refractivity contribution is 5.95. The van der Waals surface area contributed by atoms with Crippen LogP contribution < -0.4 is 0 Å². The maximum absolute atomic E-state index is 13.1. The molecule has 5 rings (SSSR count). The van der Waals surface area contributed by atoms with E-state index < -0.39 is 0 Å². The number of aryl methyl sites for hydroxylation is 2. The zero-order chi connectivity index (χ0) is 21.5. The van der Waals surface area contributed by atoms with Crippen molar-refractivity contribution in [2.24, 2.45) is 0 Å². The molecule has 0 unspecified atom stereocenters. The number of aromatic nitrogens is 3. The molecule has 5 heterocycles. The van der Waals surface area contributed by atoms with Gasteiger partial charge in [-0.25, -0.2) is 4.98 Å². The van der Waals surface area contributed by atoms with Crippen molar-refractivity contribution in [3.63, 3.8) is 0 Å². The second-order valence-electron chi connectivity index (χ2n) is 8.16. The van der Waals surface area contributed by atoms with E-state index in [4.69, 9.17) is 9.40 Å². The predicted molar refractivity (Wildman–Crippen MR) is 118 cm³/mol. The van der Waals surface area contributed by atoms with Gasteiger partial charge in [0.2, 0.25) is 0 Å². The molecule has 7 nitrogen and oxygen atoms in total. The Labute approximate surface area is 180 Å². The maximum Gasteiger partial charge on any atom is 0.257 e. The molecular weight excluding hydrogens is 390 g/mol. The highest BCUT2D eigenvalue weighted by Crippen LogP contribution is 2.29. The first-order valence-electron chi connectivity index (χ1n) is 10.4. The number of imidazole rings is 1. The van der Waals surface area contributed by atoms with E-state index >= 15 is 0 Å². The van der Waals surface area contributed by atoms with E-state index in [1.807, 2.05) is 49.5 Å². The Balaban J connectivity index is 1.44. The van der Waals surface area contributed by atoms with Gasteiger partial charge in [-0.15, -0.1) is 0 Å². The summed E-state index contributed by atoms with van der Waals surface area (Å²) < 4.78 is 7.63. The van der Waals surface area contributed by atoms with Gasteiger partial charge in [0.05, 0.1) is 29.1 Å². The van der Waals surface area contributed by atoms with E-state index in [1.165, 1.54) is 0 Å². The average Bonchev–Trinajstić information content (AvgIpc) is 3.36. The number of piperazine rings is 1. The fraction of sp³-hybridized carbons (Fsp3) is 0.292. The highest BCUT2D eigenvalue weighted by Gasteiger charge is 2.32. The highest BCUT2D eigenvalue weighted by atomic mass is 16.3. The van der Waals surface area contributed by atoms with E-state index in [9.17, 15) is 4.79 Å². The normalized spacial score (nSPS) is 17.4. The van der Waals surface area contributed by atoms with Crippen LogP contribution in [0.1, 0.15) is 33.6 Å². The van der Waals surface area contributed by atoms with Crippen molar-refractivity contribution >= 4 is 11.4 Å². The average molecular weight is 415 g/mol. The molecule has 4 aromatic rings. The van der Waals surface area contributed by atoms with Gasteiger partial charge >= 0.3 is 0 Å². The summed E-state index contributed by atoms with van der Waals surface area (Å²) in [5.41, 5.74) is 4.84. The molecule has 0 spiro atoms. The van der Waals surface area contributed by atoms with Crippen LogP contribution in [0.5, 0.6) is 0 Å². The largest absolute Gasteiger partial charge is 0.466 e. The Bertz CT molecular complexity index is 1240. The molecule has 1 aliphatic rings. The number of amides is 1. The summed E-state index contributed by atoms with van der Waals surface area (Å²) in [5.74, 6) is 1.46. The lowest BCUT2D eigenvalue weighted by Crippen LogP contribution is -2.49. The molecule has 31 heavy (non-hydrogen) atoms. The molecule has 1 aliphatic heterocycles. The van der Waals surface area contributed by atoms with Crippen LogP contribution in [0.4, 0.5) is 0 Å². The third-order valence-corrected chi connectivity index (χ3v) is 6.08. The van der Waals surface area contributed by atoms with Gasteiger partial charge in [0.25, 0.3) is 5.91 Å². The van der Waals surface area contributed by atoms with Crippen LogP contribution in [0.15, 0.2) is 59.7 Å². The molecule has 158 valence electrons. The first kappa shape index (κ1) is 19.5. The molecule has 1 fully saturated rings. The Kier molecular flexibility index (Phi) is 4.82. The SMILES string of the molecule is Cc1cc(C(=O)N2CCN(C)[C@@H](c3ncn4cc(-c5cccnc5)ccc34)C2)c(C)o1. The number of pyridine rings is 2. The number of carbonyl (C=O) groups excluding carboxylic acids is 1. The van der Waals surface area contributed by atoms with Crippen LogP contribution in [0, 0.1) is 13.8 Å². The van der Waals surface area contributed by atoms with Crippen molar-refractivity contribution in [1.29, 1.82) is 0 Å². The summed E-state index contributed by atoms with van der Waals surface area (Å²) in [5, 5.41) is 0. The number of carbonyl (C=O) groups is 1. The van der Waals surface area contributed by atoms with Crippen molar-refractivity contribution in [1.82, 2.24) is 24.2 Å². The molecule has 0 radical (unpaired) electrons. The molecular formula is C24H25N5O2. The molecule has 0 aromatic carbocycles. The lowest BCUT2D eigenvalue weighted by molar-refractivity contribution is 0.0541. The molecule has 0 saturated carbocycles. The second-order valence-corrected chi connectivity index (χ2v) is 8.16. The minimum Gasteiger partial charge on any atom is -0.466 e. The predicted octanol–water partition coefficient (Wildman–Crippen LogP) is 3.74. The van der Waals surface area contributed by atoms with E-state index in [2.05, 4.69) is 39.7 Å². The summed E-state index contributed by atoms with van der Waals surface area (Å²) in [6, 6.07) is 10.0. The third kappa shape index (κ3) is 3.51. The number of furan rings is 1. The summed E-state index contributed by atoms with van der Waals surface area (Å²) in [6.07, 6.45) is 7.56. The quantitative estimate of drug-likeness (QED) is 0.510. The van der Waals surface area contributed by atoms with E-state index in [0.29, 0.717) is 24.4 Å². The van der Waals surface area contributed by atoms with Crippen LogP contribution in [-0.4, -0.2) is 56.8 Å². The fourth-order valence-corrected chi connectivity index (χ4v) is 4.35. The molecule has 1 saturated heterocycles. The fourth-order valence-electron chi connectivity index (χ4n) is 4.35. The molecule has 0 bridgehead atoms. The second kappa shape index (κ2) is 7.67. The van der Waals surface area contributed by atoms with Crippen LogP contribution in [0.25, 0.3) is 16.6 Å². The summed E-state index contributed by atoms with van der Waals surface area (Å²) in [4.78, 5) is 26.3. The zero-order valence-corrected chi connectivity index (χ0v) is 17.9. The van der Waals surface area contributed by atoms with Gasteiger partial charge in [-0.3, -0.25) is 14.7 Å². The smallest absolute Gasteiger partial charge is 0.257 e. The number of hydrogen-bond acceptors (Lipinski definition) is 5. The van der Waals surface area contributed by atoms with Crippen LogP contribution in [-0.2, 0) is 0 Å². The van der Waals surface area contributed by atoms with Crippen molar-refractivity contribution in [2.75, 3.05) is 26.7 Å².